The molecule has 1 N–H and O–H groups in total. The lowest BCUT2D eigenvalue weighted by Gasteiger charge is -2.25. The summed E-state index contributed by atoms with van der Waals surface area (Å²) in [5, 5.41) is 10.3. The van der Waals surface area contributed by atoms with Crippen LogP contribution in [0.15, 0.2) is 4.99 Å². The maximum absolute atomic E-state index is 10.3. The van der Waals surface area contributed by atoms with Crippen molar-refractivity contribution in [2.24, 2.45) is 4.99 Å². The lowest BCUT2D eigenvalue weighted by molar-refractivity contribution is 0.0610. The second kappa shape index (κ2) is 6.75. The maximum atomic E-state index is 10.3. The van der Waals surface area contributed by atoms with Crippen molar-refractivity contribution in [2.45, 2.75) is 12.0 Å². The van der Waals surface area contributed by atoms with Crippen LogP contribution in [0, 0.1) is 0 Å². The number of aliphatic imine (C=N–C) groups is 1. The molecule has 1 fully saturated rings. The van der Waals surface area contributed by atoms with Gasteiger partial charge in [-0.2, -0.15) is 0 Å². The topological polar surface area (TPSA) is 42.3 Å². The zero-order valence-corrected chi connectivity index (χ0v) is 13.8. The van der Waals surface area contributed by atoms with Crippen LogP contribution in [0.2, 0.25) is 0 Å². The van der Waals surface area contributed by atoms with Gasteiger partial charge in [0.05, 0.1) is 12.1 Å². The minimum absolute atomic E-state index is 0. The van der Waals surface area contributed by atoms with Gasteiger partial charge in [0.2, 0.25) is 0 Å². The van der Waals surface area contributed by atoms with Crippen LogP contribution in [0.1, 0.15) is 6.42 Å². The SMILES string of the molecule is CN1CCC(O)(CN=C(N(C)C)N(C)C)C1.I. The van der Waals surface area contributed by atoms with E-state index in [9.17, 15) is 5.11 Å². The van der Waals surface area contributed by atoms with E-state index in [0.29, 0.717) is 13.1 Å². The first-order chi connectivity index (χ1) is 7.34. The molecule has 1 unspecified atom stereocenters. The molecular formula is C11H25IN4O. The standard InChI is InChI=1S/C11H24N4O.HI/c1-13(2)10(14(3)4)12-8-11(16)6-7-15(5)9-11;/h16H,6-9H2,1-5H3;1H. The Hall–Kier alpha value is -0.0800. The van der Waals surface area contributed by atoms with E-state index in [-0.39, 0.29) is 24.0 Å². The van der Waals surface area contributed by atoms with Crippen molar-refractivity contribution in [3.8, 4) is 0 Å². The summed E-state index contributed by atoms with van der Waals surface area (Å²) in [6.45, 7) is 2.14. The molecule has 1 heterocycles. The third-order valence-corrected chi connectivity index (χ3v) is 2.84. The smallest absolute Gasteiger partial charge is 0.195 e. The van der Waals surface area contributed by atoms with Crippen LogP contribution in [0.3, 0.4) is 0 Å². The fourth-order valence-corrected chi connectivity index (χ4v) is 2.09. The number of likely N-dealkylation sites (N-methyl/N-ethyl adjacent to an activating group) is 1. The molecule has 0 amide bonds. The molecule has 1 aliphatic rings. The number of hydrogen-bond acceptors (Lipinski definition) is 3. The van der Waals surface area contributed by atoms with Crippen molar-refractivity contribution in [3.63, 3.8) is 0 Å². The van der Waals surface area contributed by atoms with Gasteiger partial charge in [0, 0.05) is 41.3 Å². The van der Waals surface area contributed by atoms with Crippen molar-refractivity contribution in [3.05, 3.63) is 0 Å². The second-order valence-corrected chi connectivity index (χ2v) is 5.12. The summed E-state index contributed by atoms with van der Waals surface area (Å²) in [6.07, 6.45) is 0.807. The van der Waals surface area contributed by atoms with Crippen LogP contribution < -0.4 is 0 Å². The molecule has 0 aliphatic carbocycles. The average Bonchev–Trinajstić information content (AvgIpc) is 2.45. The van der Waals surface area contributed by atoms with Crippen molar-refractivity contribution in [1.82, 2.24) is 14.7 Å². The fraction of sp³-hybridized carbons (Fsp3) is 0.909. The van der Waals surface area contributed by atoms with Gasteiger partial charge in [0.1, 0.15) is 0 Å². The van der Waals surface area contributed by atoms with Crippen molar-refractivity contribution < 1.29 is 5.11 Å². The molecule has 6 heteroatoms. The summed E-state index contributed by atoms with van der Waals surface area (Å²) in [5.74, 6) is 0.892. The van der Waals surface area contributed by atoms with E-state index < -0.39 is 5.60 Å². The minimum Gasteiger partial charge on any atom is -0.387 e. The van der Waals surface area contributed by atoms with Gasteiger partial charge >= 0.3 is 0 Å². The Morgan fingerprint density at radius 3 is 2.18 bits per heavy atom. The molecule has 0 radical (unpaired) electrons. The number of aliphatic hydroxyl groups is 1. The predicted molar refractivity (Wildman–Crippen MR) is 82.2 cm³/mol. The average molecular weight is 356 g/mol. The quantitative estimate of drug-likeness (QED) is 0.435. The Balaban J connectivity index is 0.00000256. The molecular weight excluding hydrogens is 331 g/mol. The number of hydrogen-bond donors (Lipinski definition) is 1. The minimum atomic E-state index is -0.647. The highest BCUT2D eigenvalue weighted by Crippen LogP contribution is 2.20. The zero-order valence-electron chi connectivity index (χ0n) is 11.5. The Morgan fingerprint density at radius 2 is 1.82 bits per heavy atom. The van der Waals surface area contributed by atoms with E-state index in [1.165, 1.54) is 0 Å². The lowest BCUT2D eigenvalue weighted by Crippen LogP contribution is -2.40. The van der Waals surface area contributed by atoms with Crippen molar-refractivity contribution in [2.75, 3.05) is 54.9 Å². The molecule has 0 aromatic rings. The van der Waals surface area contributed by atoms with Crippen LogP contribution in [-0.2, 0) is 0 Å². The third kappa shape index (κ3) is 4.97. The van der Waals surface area contributed by atoms with Crippen LogP contribution >= 0.6 is 24.0 Å². The molecule has 0 saturated carbocycles. The van der Waals surface area contributed by atoms with Gasteiger partial charge in [-0.1, -0.05) is 0 Å². The number of guanidine groups is 1. The summed E-state index contributed by atoms with van der Waals surface area (Å²) in [6, 6.07) is 0. The summed E-state index contributed by atoms with van der Waals surface area (Å²) in [5.41, 5.74) is -0.647. The largest absolute Gasteiger partial charge is 0.387 e. The Kier molecular flexibility index (Phi) is 6.71. The summed E-state index contributed by atoms with van der Waals surface area (Å²) in [4.78, 5) is 10.6. The molecule has 1 aliphatic heterocycles. The highest BCUT2D eigenvalue weighted by Gasteiger charge is 2.34. The van der Waals surface area contributed by atoms with E-state index in [2.05, 4.69) is 9.89 Å². The summed E-state index contributed by atoms with van der Waals surface area (Å²) >= 11 is 0. The van der Waals surface area contributed by atoms with Crippen LogP contribution in [0.4, 0.5) is 0 Å². The zero-order chi connectivity index (χ0) is 12.3. The van der Waals surface area contributed by atoms with Gasteiger partial charge in [-0.3, -0.25) is 0 Å². The third-order valence-electron chi connectivity index (χ3n) is 2.84. The molecule has 0 bridgehead atoms. The van der Waals surface area contributed by atoms with Gasteiger partial charge in [0.25, 0.3) is 0 Å². The molecule has 1 saturated heterocycles. The molecule has 0 spiro atoms. The molecule has 0 aromatic heterocycles. The molecule has 1 atom stereocenters. The molecule has 102 valence electrons. The molecule has 17 heavy (non-hydrogen) atoms. The monoisotopic (exact) mass is 356 g/mol. The van der Waals surface area contributed by atoms with E-state index in [0.717, 1.165) is 18.9 Å². The Bertz CT molecular complexity index is 260. The highest BCUT2D eigenvalue weighted by atomic mass is 127. The number of rotatable bonds is 2. The maximum Gasteiger partial charge on any atom is 0.195 e. The van der Waals surface area contributed by atoms with E-state index in [1.54, 1.807) is 0 Å². The number of β-amino-alcohol motifs (C(OH)–C–C–N with tert-alkyl or cyclic N) is 1. The van der Waals surface area contributed by atoms with Gasteiger partial charge in [0.15, 0.2) is 5.96 Å². The molecule has 5 nitrogen and oxygen atoms in total. The Morgan fingerprint density at radius 1 is 1.29 bits per heavy atom. The van der Waals surface area contributed by atoms with Crippen molar-refractivity contribution >= 4 is 29.9 Å². The first-order valence-corrected chi connectivity index (χ1v) is 5.64. The number of nitrogens with zero attached hydrogens (tertiary/aromatic N) is 4. The van der Waals surface area contributed by atoms with Crippen molar-refractivity contribution in [1.29, 1.82) is 0 Å². The van der Waals surface area contributed by atoms with Gasteiger partial charge < -0.3 is 19.8 Å². The van der Waals surface area contributed by atoms with E-state index >= 15 is 0 Å². The summed E-state index contributed by atoms with van der Waals surface area (Å²) < 4.78 is 0. The molecule has 0 aromatic carbocycles. The van der Waals surface area contributed by atoms with Crippen LogP contribution in [0.25, 0.3) is 0 Å². The van der Waals surface area contributed by atoms with Gasteiger partial charge in [-0.15, -0.1) is 24.0 Å². The van der Waals surface area contributed by atoms with E-state index in [1.807, 2.05) is 45.0 Å². The highest BCUT2D eigenvalue weighted by molar-refractivity contribution is 14.0. The van der Waals surface area contributed by atoms with Gasteiger partial charge in [-0.25, -0.2) is 4.99 Å². The van der Waals surface area contributed by atoms with Crippen LogP contribution in [0.5, 0.6) is 0 Å². The lowest BCUT2D eigenvalue weighted by atomic mass is 10.0. The second-order valence-electron chi connectivity index (χ2n) is 5.12. The predicted octanol–water partition coefficient (Wildman–Crippen LogP) is 0.150. The first-order valence-electron chi connectivity index (χ1n) is 5.64. The van der Waals surface area contributed by atoms with E-state index in [4.69, 9.17) is 0 Å². The van der Waals surface area contributed by atoms with Gasteiger partial charge in [-0.05, 0) is 13.5 Å². The number of halogens is 1. The fourth-order valence-electron chi connectivity index (χ4n) is 2.09. The Labute approximate surface area is 121 Å². The number of likely N-dealkylation sites (tertiary alicyclic amines) is 1. The van der Waals surface area contributed by atoms with Crippen LogP contribution in [-0.4, -0.2) is 86.2 Å². The first kappa shape index (κ1) is 16.9. The summed E-state index contributed by atoms with van der Waals surface area (Å²) in [7, 11) is 9.88. The molecule has 1 rings (SSSR count). The normalized spacial score (nSPS) is 24.1.